The van der Waals surface area contributed by atoms with Crippen molar-refractivity contribution in [2.24, 2.45) is 0 Å². The minimum absolute atomic E-state index is 0.187. The second-order valence-corrected chi connectivity index (χ2v) is 8.98. The van der Waals surface area contributed by atoms with E-state index in [9.17, 15) is 9.59 Å². The molecule has 0 spiro atoms. The summed E-state index contributed by atoms with van der Waals surface area (Å²) in [7, 11) is 0. The van der Waals surface area contributed by atoms with Gasteiger partial charge in [0.2, 0.25) is 5.91 Å². The van der Waals surface area contributed by atoms with Crippen LogP contribution in [0.15, 0.2) is 82.7 Å². The molecule has 0 fully saturated rings. The molecule has 5 nitrogen and oxygen atoms in total. The summed E-state index contributed by atoms with van der Waals surface area (Å²) in [5.41, 5.74) is 1.58. The molecule has 1 atom stereocenters. The van der Waals surface area contributed by atoms with Gasteiger partial charge in [0.1, 0.15) is 0 Å². The van der Waals surface area contributed by atoms with E-state index >= 15 is 0 Å². The molecule has 1 N–H and O–H groups in total. The second-order valence-electron chi connectivity index (χ2n) is 6.80. The van der Waals surface area contributed by atoms with Gasteiger partial charge in [0.05, 0.1) is 21.8 Å². The summed E-state index contributed by atoms with van der Waals surface area (Å²) in [5, 5.41) is 4.07. The van der Waals surface area contributed by atoms with Crippen molar-refractivity contribution in [3.05, 3.63) is 93.2 Å². The van der Waals surface area contributed by atoms with Crippen molar-refractivity contribution >= 4 is 57.5 Å². The SMILES string of the molecule is CC(Sc1nc2ccccc2c(=O)n1-c1ccccc1)C(=O)Nc1cc(Cl)cc(Cl)c1. The number of hydrogen-bond donors (Lipinski definition) is 1. The van der Waals surface area contributed by atoms with Gasteiger partial charge in [-0.25, -0.2) is 4.98 Å². The molecule has 0 radical (unpaired) electrons. The van der Waals surface area contributed by atoms with E-state index in [0.717, 1.165) is 0 Å². The van der Waals surface area contributed by atoms with Crippen LogP contribution in [0.2, 0.25) is 10.0 Å². The third-order valence-corrected chi connectivity index (χ3v) is 6.03. The van der Waals surface area contributed by atoms with Crippen molar-refractivity contribution in [2.75, 3.05) is 5.32 Å². The summed E-state index contributed by atoms with van der Waals surface area (Å²) >= 11 is 13.2. The number of nitrogens with zero attached hydrogens (tertiary/aromatic N) is 2. The Kier molecular flexibility index (Phi) is 6.32. The van der Waals surface area contributed by atoms with Crippen LogP contribution in [0.4, 0.5) is 5.69 Å². The smallest absolute Gasteiger partial charge is 0.266 e. The van der Waals surface area contributed by atoms with E-state index < -0.39 is 5.25 Å². The molecule has 0 aliphatic heterocycles. The highest BCUT2D eigenvalue weighted by Gasteiger charge is 2.20. The molecule has 156 valence electrons. The van der Waals surface area contributed by atoms with Crippen LogP contribution in [0.5, 0.6) is 0 Å². The van der Waals surface area contributed by atoms with Crippen molar-refractivity contribution in [1.29, 1.82) is 0 Å². The number of nitrogens with one attached hydrogen (secondary N) is 1. The van der Waals surface area contributed by atoms with E-state index in [0.29, 0.717) is 37.5 Å². The zero-order chi connectivity index (χ0) is 22.0. The molecule has 3 aromatic carbocycles. The highest BCUT2D eigenvalue weighted by Crippen LogP contribution is 2.27. The maximum absolute atomic E-state index is 13.2. The van der Waals surface area contributed by atoms with Crippen LogP contribution in [0.1, 0.15) is 6.92 Å². The fourth-order valence-corrected chi connectivity index (χ4v) is 4.53. The molecule has 1 heterocycles. The first-order chi connectivity index (χ1) is 14.9. The number of carbonyl (C=O) groups excluding carboxylic acids is 1. The summed E-state index contributed by atoms with van der Waals surface area (Å²) in [6, 6.07) is 21.3. The molecule has 4 aromatic rings. The normalized spacial score (nSPS) is 12.0. The van der Waals surface area contributed by atoms with Gasteiger partial charge >= 0.3 is 0 Å². The molecule has 1 amide bonds. The van der Waals surface area contributed by atoms with Gasteiger partial charge in [-0.05, 0) is 49.4 Å². The van der Waals surface area contributed by atoms with E-state index in [-0.39, 0.29) is 11.5 Å². The third-order valence-electron chi connectivity index (χ3n) is 4.54. The number of hydrogen-bond acceptors (Lipinski definition) is 4. The molecule has 0 bridgehead atoms. The van der Waals surface area contributed by atoms with Gasteiger partial charge in [-0.3, -0.25) is 14.2 Å². The number of carbonyl (C=O) groups is 1. The van der Waals surface area contributed by atoms with Crippen molar-refractivity contribution in [1.82, 2.24) is 9.55 Å². The van der Waals surface area contributed by atoms with E-state index in [4.69, 9.17) is 23.2 Å². The largest absolute Gasteiger partial charge is 0.325 e. The Labute approximate surface area is 193 Å². The van der Waals surface area contributed by atoms with Gasteiger partial charge < -0.3 is 5.32 Å². The lowest BCUT2D eigenvalue weighted by molar-refractivity contribution is -0.115. The highest BCUT2D eigenvalue weighted by atomic mass is 35.5. The standard InChI is InChI=1S/C23H17Cl2N3O2S/c1-14(21(29)26-17-12-15(24)11-16(25)13-17)31-23-27-20-10-6-5-9-19(20)22(30)28(23)18-7-3-2-4-8-18/h2-14H,1H3,(H,26,29). The first kappa shape index (κ1) is 21.4. The van der Waals surface area contributed by atoms with Crippen LogP contribution in [-0.4, -0.2) is 20.7 Å². The highest BCUT2D eigenvalue weighted by molar-refractivity contribution is 8.00. The van der Waals surface area contributed by atoms with Crippen molar-refractivity contribution in [3.63, 3.8) is 0 Å². The fraction of sp³-hybridized carbons (Fsp3) is 0.0870. The third kappa shape index (κ3) is 4.77. The molecule has 8 heteroatoms. The van der Waals surface area contributed by atoms with Crippen LogP contribution in [-0.2, 0) is 4.79 Å². The Morgan fingerprint density at radius 2 is 1.65 bits per heavy atom. The molecule has 0 saturated heterocycles. The van der Waals surface area contributed by atoms with Gasteiger partial charge in [0, 0.05) is 15.7 Å². The topological polar surface area (TPSA) is 64.0 Å². The predicted molar refractivity (Wildman–Crippen MR) is 128 cm³/mol. The van der Waals surface area contributed by atoms with Crippen molar-refractivity contribution in [2.45, 2.75) is 17.3 Å². The lowest BCUT2D eigenvalue weighted by Gasteiger charge is -2.16. The van der Waals surface area contributed by atoms with Gasteiger partial charge in [0.25, 0.3) is 5.56 Å². The van der Waals surface area contributed by atoms with Gasteiger partial charge in [-0.15, -0.1) is 0 Å². The monoisotopic (exact) mass is 469 g/mol. The van der Waals surface area contributed by atoms with Gasteiger partial charge in [0.15, 0.2) is 5.16 Å². The van der Waals surface area contributed by atoms with Crippen molar-refractivity contribution in [3.8, 4) is 5.69 Å². The van der Waals surface area contributed by atoms with E-state index in [1.165, 1.54) is 16.3 Å². The maximum atomic E-state index is 13.2. The Hall–Kier alpha value is -2.80. The van der Waals surface area contributed by atoms with E-state index in [1.807, 2.05) is 36.4 Å². The van der Waals surface area contributed by atoms with E-state index in [2.05, 4.69) is 10.3 Å². The summed E-state index contributed by atoms with van der Waals surface area (Å²) in [6.45, 7) is 1.75. The summed E-state index contributed by atoms with van der Waals surface area (Å²) in [6.07, 6.45) is 0. The summed E-state index contributed by atoms with van der Waals surface area (Å²) in [4.78, 5) is 30.7. The molecule has 0 saturated carbocycles. The zero-order valence-corrected chi connectivity index (χ0v) is 18.7. The molecule has 1 unspecified atom stereocenters. The summed E-state index contributed by atoms with van der Waals surface area (Å²) in [5.74, 6) is -0.259. The van der Waals surface area contributed by atoms with Crippen LogP contribution < -0.4 is 10.9 Å². The molecule has 0 aliphatic carbocycles. The first-order valence-corrected chi connectivity index (χ1v) is 11.1. The zero-order valence-electron chi connectivity index (χ0n) is 16.4. The fourth-order valence-electron chi connectivity index (χ4n) is 3.08. The number of anilines is 1. The van der Waals surface area contributed by atoms with Gasteiger partial charge in [-0.2, -0.15) is 0 Å². The maximum Gasteiger partial charge on any atom is 0.266 e. The van der Waals surface area contributed by atoms with Crippen LogP contribution in [0, 0.1) is 0 Å². The number of para-hydroxylation sites is 2. The second kappa shape index (κ2) is 9.14. The Morgan fingerprint density at radius 3 is 2.35 bits per heavy atom. The number of benzene rings is 3. The Morgan fingerprint density at radius 1 is 1.00 bits per heavy atom. The molecule has 31 heavy (non-hydrogen) atoms. The molecule has 0 aliphatic rings. The van der Waals surface area contributed by atoms with Crippen LogP contribution in [0.3, 0.4) is 0 Å². The minimum atomic E-state index is -0.541. The van der Waals surface area contributed by atoms with Crippen LogP contribution in [0.25, 0.3) is 16.6 Å². The number of thioether (sulfide) groups is 1. The molecule has 1 aromatic heterocycles. The average Bonchev–Trinajstić information content (AvgIpc) is 2.74. The van der Waals surface area contributed by atoms with Crippen molar-refractivity contribution < 1.29 is 4.79 Å². The van der Waals surface area contributed by atoms with E-state index in [1.54, 1.807) is 43.3 Å². The lowest BCUT2D eigenvalue weighted by atomic mass is 10.2. The number of fused-ring (bicyclic) bond motifs is 1. The molecular weight excluding hydrogens is 453 g/mol. The molecular formula is C23H17Cl2N3O2S. The van der Waals surface area contributed by atoms with Crippen LogP contribution >= 0.6 is 35.0 Å². The lowest BCUT2D eigenvalue weighted by Crippen LogP contribution is -2.26. The Bertz CT molecular complexity index is 1310. The molecule has 4 rings (SSSR count). The number of rotatable bonds is 5. The predicted octanol–water partition coefficient (Wildman–Crippen LogP) is 5.81. The first-order valence-electron chi connectivity index (χ1n) is 9.43. The number of halogens is 2. The Balaban J connectivity index is 1.70. The quantitative estimate of drug-likeness (QED) is 0.295. The minimum Gasteiger partial charge on any atom is -0.325 e. The summed E-state index contributed by atoms with van der Waals surface area (Å²) < 4.78 is 1.53. The number of amides is 1. The average molecular weight is 470 g/mol. The number of aromatic nitrogens is 2. The van der Waals surface area contributed by atoms with Gasteiger partial charge in [-0.1, -0.05) is 65.3 Å².